The van der Waals surface area contributed by atoms with E-state index < -0.39 is 5.54 Å². The molecule has 5 rings (SSSR count). The molecule has 2 aliphatic rings. The number of benzene rings is 3. The molecule has 2 saturated heterocycles. The van der Waals surface area contributed by atoms with Crippen LogP contribution in [0.1, 0.15) is 30.0 Å². The van der Waals surface area contributed by atoms with Crippen molar-refractivity contribution < 1.29 is 4.79 Å². The topological polar surface area (TPSA) is 59.4 Å². The van der Waals surface area contributed by atoms with E-state index in [9.17, 15) is 4.79 Å². The Morgan fingerprint density at radius 2 is 1.74 bits per heavy atom. The molecular weight excluding hydrogens is 456 g/mol. The highest BCUT2D eigenvalue weighted by atomic mass is 35.5. The maximum Gasteiger partial charge on any atom is 0.259 e. The SMILES string of the molecule is CN1CC[C@H](Cc2cccc(CN3C(=N)NC(C)(c4cccc(-c5cccc(Cl)c5)c4)C3=O)c2)C1. The quantitative estimate of drug-likeness (QED) is 0.498. The third kappa shape index (κ3) is 4.84. The van der Waals surface area contributed by atoms with Crippen LogP contribution in [0, 0.1) is 11.3 Å². The molecule has 1 unspecified atom stereocenters. The molecule has 0 radical (unpaired) electrons. The number of hydrogen-bond donors (Lipinski definition) is 2. The van der Waals surface area contributed by atoms with Crippen LogP contribution in [-0.4, -0.2) is 41.8 Å². The van der Waals surface area contributed by atoms with E-state index in [4.69, 9.17) is 17.0 Å². The fourth-order valence-electron chi connectivity index (χ4n) is 5.32. The number of likely N-dealkylation sites (tertiary alicyclic amines) is 1. The van der Waals surface area contributed by atoms with E-state index in [1.807, 2.05) is 61.5 Å². The van der Waals surface area contributed by atoms with Crippen molar-refractivity contribution in [3.63, 3.8) is 0 Å². The van der Waals surface area contributed by atoms with E-state index in [1.165, 1.54) is 12.0 Å². The molecule has 0 saturated carbocycles. The highest BCUT2D eigenvalue weighted by Crippen LogP contribution is 2.33. The number of hydrogen-bond acceptors (Lipinski definition) is 3. The lowest BCUT2D eigenvalue weighted by molar-refractivity contribution is -0.131. The van der Waals surface area contributed by atoms with Gasteiger partial charge in [-0.3, -0.25) is 15.1 Å². The zero-order valence-electron chi connectivity index (χ0n) is 20.2. The second kappa shape index (κ2) is 9.48. The molecule has 6 heteroatoms. The second-order valence-electron chi connectivity index (χ2n) is 10.0. The zero-order valence-corrected chi connectivity index (χ0v) is 21.0. The normalized spacial score (nSPS) is 22.6. The summed E-state index contributed by atoms with van der Waals surface area (Å²) in [5.74, 6) is 0.695. The predicted molar refractivity (Wildman–Crippen MR) is 141 cm³/mol. The minimum Gasteiger partial charge on any atom is -0.338 e. The highest BCUT2D eigenvalue weighted by Gasteiger charge is 2.47. The Bertz CT molecular complexity index is 1270. The minimum atomic E-state index is -1.00. The number of amides is 1. The molecule has 2 heterocycles. The molecule has 0 bridgehead atoms. The fourth-order valence-corrected chi connectivity index (χ4v) is 5.51. The van der Waals surface area contributed by atoms with Gasteiger partial charge in [-0.05, 0) is 85.3 Å². The van der Waals surface area contributed by atoms with E-state index in [0.29, 0.717) is 17.5 Å². The standard InChI is InChI=1S/C29H31ClN4O/c1-29(25-10-4-8-23(16-25)24-9-5-11-26(30)17-24)27(35)34(28(31)32-29)19-21-7-3-6-20(14-21)15-22-12-13-33(2)18-22/h3-11,14,16-17,22H,12-13,15,18-19H2,1-2H3,(H2,31,32)/t22-,29?/m1/s1. The van der Waals surface area contributed by atoms with Crippen LogP contribution in [-0.2, 0) is 23.3 Å². The van der Waals surface area contributed by atoms with Crippen LogP contribution in [0.2, 0.25) is 5.02 Å². The molecule has 2 fully saturated rings. The molecule has 0 aromatic heterocycles. The number of nitrogens with one attached hydrogen (secondary N) is 2. The van der Waals surface area contributed by atoms with Crippen molar-refractivity contribution in [2.75, 3.05) is 20.1 Å². The number of guanidine groups is 1. The van der Waals surface area contributed by atoms with Crippen LogP contribution in [0.15, 0.2) is 72.8 Å². The third-order valence-electron chi connectivity index (χ3n) is 7.25. The largest absolute Gasteiger partial charge is 0.338 e. The van der Waals surface area contributed by atoms with Gasteiger partial charge in [0.2, 0.25) is 0 Å². The third-order valence-corrected chi connectivity index (χ3v) is 7.49. The van der Waals surface area contributed by atoms with E-state index in [0.717, 1.165) is 41.8 Å². The van der Waals surface area contributed by atoms with Gasteiger partial charge in [0.05, 0.1) is 6.54 Å². The van der Waals surface area contributed by atoms with Crippen molar-refractivity contribution in [1.29, 1.82) is 5.41 Å². The van der Waals surface area contributed by atoms with Crippen molar-refractivity contribution in [3.05, 3.63) is 94.5 Å². The van der Waals surface area contributed by atoms with Gasteiger partial charge >= 0.3 is 0 Å². The molecular formula is C29H31ClN4O. The molecule has 0 aliphatic carbocycles. The Labute approximate surface area is 212 Å². The molecule has 3 aromatic carbocycles. The second-order valence-corrected chi connectivity index (χ2v) is 10.5. The van der Waals surface area contributed by atoms with Gasteiger partial charge in [0.25, 0.3) is 5.91 Å². The molecule has 2 N–H and O–H groups in total. The van der Waals surface area contributed by atoms with Crippen molar-refractivity contribution in [3.8, 4) is 11.1 Å². The number of carbonyl (C=O) groups is 1. The van der Waals surface area contributed by atoms with Gasteiger partial charge in [-0.2, -0.15) is 0 Å². The minimum absolute atomic E-state index is 0.117. The summed E-state index contributed by atoms with van der Waals surface area (Å²) in [4.78, 5) is 17.6. The summed E-state index contributed by atoms with van der Waals surface area (Å²) < 4.78 is 0. The summed E-state index contributed by atoms with van der Waals surface area (Å²) in [5, 5.41) is 12.4. The average molecular weight is 487 g/mol. The van der Waals surface area contributed by atoms with Gasteiger partial charge in [-0.1, -0.05) is 66.2 Å². The average Bonchev–Trinajstić information content (AvgIpc) is 3.35. The van der Waals surface area contributed by atoms with Gasteiger partial charge < -0.3 is 10.2 Å². The molecule has 3 aromatic rings. The summed E-state index contributed by atoms with van der Waals surface area (Å²) in [6.07, 6.45) is 2.28. The van der Waals surface area contributed by atoms with Crippen LogP contribution < -0.4 is 5.32 Å². The van der Waals surface area contributed by atoms with E-state index in [1.54, 1.807) is 4.90 Å². The summed E-state index contributed by atoms with van der Waals surface area (Å²) in [7, 11) is 2.18. The van der Waals surface area contributed by atoms with Crippen LogP contribution in [0.25, 0.3) is 11.1 Å². The molecule has 0 spiro atoms. The van der Waals surface area contributed by atoms with Gasteiger partial charge in [0, 0.05) is 11.6 Å². The number of carbonyl (C=O) groups excluding carboxylic acids is 1. The first-order valence-corrected chi connectivity index (χ1v) is 12.5. The Balaban J connectivity index is 1.35. The molecule has 1 amide bonds. The lowest BCUT2D eigenvalue weighted by atomic mass is 9.89. The monoisotopic (exact) mass is 486 g/mol. The number of nitrogens with zero attached hydrogens (tertiary/aromatic N) is 2. The van der Waals surface area contributed by atoms with Gasteiger partial charge in [0.1, 0.15) is 5.54 Å². The first-order valence-electron chi connectivity index (χ1n) is 12.1. The van der Waals surface area contributed by atoms with Gasteiger partial charge in [-0.15, -0.1) is 0 Å². The fraction of sp³-hybridized carbons (Fsp3) is 0.310. The van der Waals surface area contributed by atoms with Crippen molar-refractivity contribution >= 4 is 23.5 Å². The Morgan fingerprint density at radius 1 is 1.03 bits per heavy atom. The summed E-state index contributed by atoms with van der Waals surface area (Å²) in [6.45, 7) is 4.53. The number of rotatable bonds is 6. The van der Waals surface area contributed by atoms with Crippen LogP contribution in [0.3, 0.4) is 0 Å². The summed E-state index contributed by atoms with van der Waals surface area (Å²) in [6, 6.07) is 24.0. The molecule has 2 aliphatic heterocycles. The van der Waals surface area contributed by atoms with Crippen LogP contribution >= 0.6 is 11.6 Å². The molecule has 35 heavy (non-hydrogen) atoms. The summed E-state index contributed by atoms with van der Waals surface area (Å²) in [5.41, 5.74) is 4.14. The predicted octanol–water partition coefficient (Wildman–Crippen LogP) is 5.28. The van der Waals surface area contributed by atoms with Crippen molar-refractivity contribution in [2.45, 2.75) is 31.8 Å². The summed E-state index contributed by atoms with van der Waals surface area (Å²) >= 11 is 6.19. The lowest BCUT2D eigenvalue weighted by Gasteiger charge is -2.23. The lowest BCUT2D eigenvalue weighted by Crippen LogP contribution is -2.40. The van der Waals surface area contributed by atoms with E-state index >= 15 is 0 Å². The van der Waals surface area contributed by atoms with Crippen LogP contribution in [0.4, 0.5) is 0 Å². The Kier molecular flexibility index (Phi) is 6.39. The van der Waals surface area contributed by atoms with Crippen LogP contribution in [0.5, 0.6) is 0 Å². The first kappa shape index (κ1) is 23.6. The van der Waals surface area contributed by atoms with E-state index in [-0.39, 0.29) is 11.9 Å². The molecule has 180 valence electrons. The van der Waals surface area contributed by atoms with E-state index in [2.05, 4.69) is 35.5 Å². The molecule has 2 atom stereocenters. The van der Waals surface area contributed by atoms with Crippen molar-refractivity contribution in [1.82, 2.24) is 15.1 Å². The molecule has 5 nitrogen and oxygen atoms in total. The van der Waals surface area contributed by atoms with Gasteiger partial charge in [-0.25, -0.2) is 0 Å². The Morgan fingerprint density at radius 3 is 2.49 bits per heavy atom. The first-order chi connectivity index (χ1) is 16.8. The highest BCUT2D eigenvalue weighted by molar-refractivity contribution is 6.30. The maximum atomic E-state index is 13.6. The maximum absolute atomic E-state index is 13.6. The van der Waals surface area contributed by atoms with Gasteiger partial charge in [0.15, 0.2) is 5.96 Å². The Hall–Kier alpha value is -3.15. The zero-order chi connectivity index (χ0) is 24.6. The van der Waals surface area contributed by atoms with Crippen molar-refractivity contribution in [2.24, 2.45) is 5.92 Å². The smallest absolute Gasteiger partial charge is 0.259 e. The number of halogens is 1.